The number of H-pyrrole nitrogens is 2. The molecule has 0 aliphatic heterocycles. The Labute approximate surface area is 233 Å². The summed E-state index contributed by atoms with van der Waals surface area (Å²) in [4.78, 5) is 21.9. The van der Waals surface area contributed by atoms with Gasteiger partial charge in [0.25, 0.3) is 0 Å². The van der Waals surface area contributed by atoms with Crippen LogP contribution >= 0.6 is 0 Å². The van der Waals surface area contributed by atoms with E-state index in [9.17, 15) is 4.79 Å². The van der Waals surface area contributed by atoms with Crippen molar-refractivity contribution >= 4 is 22.6 Å². The fraction of sp³-hybridized carbons (Fsp3) is 0.281. The highest BCUT2D eigenvalue weighted by Crippen LogP contribution is 2.32. The van der Waals surface area contributed by atoms with Crippen LogP contribution in [0.25, 0.3) is 33.3 Å². The predicted molar refractivity (Wildman–Crippen MR) is 159 cm³/mol. The maximum atomic E-state index is 13.5. The summed E-state index contributed by atoms with van der Waals surface area (Å²) in [6.45, 7) is 0.694. The van der Waals surface area contributed by atoms with E-state index in [-0.39, 0.29) is 17.9 Å². The number of carbonyl (C=O) groups excluding carboxylic acids is 1. The SMILES string of the molecule is NCC1CCC(C(=O)NC(Cc2ccccc2-c2ccccc2)c2nc(-c3ccc4c(N)n[nH]c4c3)c[nH]2)CC1. The van der Waals surface area contributed by atoms with E-state index in [1.54, 1.807) is 0 Å². The number of anilines is 1. The standard InChI is InChI=1S/C32H35N7O/c33-18-20-10-12-22(13-11-20)32(40)37-28(16-23-8-4-5-9-25(23)21-6-2-1-3-7-21)31-35-19-29(36-31)24-14-15-26-27(17-24)38-39-30(26)34/h1-9,14-15,17,19-20,22,28H,10-13,16,18,33H2,(H,35,36)(H,37,40)(H3,34,38,39). The fourth-order valence-corrected chi connectivity index (χ4v) is 5.85. The van der Waals surface area contributed by atoms with Crippen molar-refractivity contribution in [2.45, 2.75) is 38.1 Å². The first-order valence-electron chi connectivity index (χ1n) is 14.0. The van der Waals surface area contributed by atoms with Crippen molar-refractivity contribution in [3.8, 4) is 22.4 Å². The van der Waals surface area contributed by atoms with E-state index in [0.717, 1.165) is 70.4 Å². The minimum Gasteiger partial charge on any atom is -0.382 e. The number of aromatic amines is 2. The van der Waals surface area contributed by atoms with Gasteiger partial charge in [-0.05, 0) is 67.0 Å². The first-order valence-corrected chi connectivity index (χ1v) is 14.0. The van der Waals surface area contributed by atoms with Crippen LogP contribution in [0.5, 0.6) is 0 Å². The summed E-state index contributed by atoms with van der Waals surface area (Å²) in [7, 11) is 0. The van der Waals surface area contributed by atoms with Gasteiger partial charge < -0.3 is 21.8 Å². The van der Waals surface area contributed by atoms with Crippen LogP contribution in [0.3, 0.4) is 0 Å². The molecular weight excluding hydrogens is 498 g/mol. The summed E-state index contributed by atoms with van der Waals surface area (Å²) in [6.07, 6.45) is 6.25. The molecule has 0 bridgehead atoms. The molecule has 2 aromatic heterocycles. The molecule has 1 saturated carbocycles. The van der Waals surface area contributed by atoms with Gasteiger partial charge in [0.05, 0.1) is 17.3 Å². The van der Waals surface area contributed by atoms with Crippen LogP contribution in [0.2, 0.25) is 0 Å². The average Bonchev–Trinajstić information content (AvgIpc) is 3.64. The van der Waals surface area contributed by atoms with E-state index in [2.05, 4.69) is 50.8 Å². The summed E-state index contributed by atoms with van der Waals surface area (Å²) >= 11 is 0. The van der Waals surface area contributed by atoms with Crippen molar-refractivity contribution in [1.29, 1.82) is 0 Å². The van der Waals surface area contributed by atoms with Gasteiger partial charge in [0.2, 0.25) is 5.91 Å². The van der Waals surface area contributed by atoms with E-state index < -0.39 is 0 Å². The third-order valence-corrected chi connectivity index (χ3v) is 8.21. The summed E-state index contributed by atoms with van der Waals surface area (Å²) in [5.74, 6) is 1.81. The van der Waals surface area contributed by atoms with Gasteiger partial charge in [0.15, 0.2) is 5.82 Å². The molecule has 0 spiro atoms. The van der Waals surface area contributed by atoms with Crippen LogP contribution < -0.4 is 16.8 Å². The van der Waals surface area contributed by atoms with Gasteiger partial charge in [-0.15, -0.1) is 0 Å². The maximum Gasteiger partial charge on any atom is 0.223 e. The quantitative estimate of drug-likeness (QED) is 0.183. The van der Waals surface area contributed by atoms with Crippen molar-refractivity contribution in [2.24, 2.45) is 17.6 Å². The minimum atomic E-state index is -0.315. The van der Waals surface area contributed by atoms with Gasteiger partial charge in [0.1, 0.15) is 5.82 Å². The van der Waals surface area contributed by atoms with Gasteiger partial charge >= 0.3 is 0 Å². The molecule has 0 saturated heterocycles. The third kappa shape index (κ3) is 5.35. The second-order valence-corrected chi connectivity index (χ2v) is 10.8. The number of carbonyl (C=O) groups is 1. The maximum absolute atomic E-state index is 13.5. The number of nitrogens with one attached hydrogen (secondary N) is 3. The van der Waals surface area contributed by atoms with E-state index in [1.807, 2.05) is 48.7 Å². The number of nitrogen functional groups attached to an aromatic ring is 1. The number of nitrogens with two attached hydrogens (primary N) is 2. The van der Waals surface area contributed by atoms with Crippen LogP contribution in [-0.2, 0) is 11.2 Å². The number of rotatable bonds is 8. The molecule has 1 amide bonds. The monoisotopic (exact) mass is 533 g/mol. The number of hydrogen-bond acceptors (Lipinski definition) is 5. The molecule has 40 heavy (non-hydrogen) atoms. The number of amides is 1. The van der Waals surface area contributed by atoms with Crippen LogP contribution in [0.1, 0.15) is 43.1 Å². The van der Waals surface area contributed by atoms with Crippen molar-refractivity contribution in [3.05, 3.63) is 90.4 Å². The van der Waals surface area contributed by atoms with Gasteiger partial charge in [-0.2, -0.15) is 5.10 Å². The minimum absolute atomic E-state index is 0.00246. The van der Waals surface area contributed by atoms with Crippen molar-refractivity contribution in [3.63, 3.8) is 0 Å². The number of hydrogen-bond donors (Lipinski definition) is 5. The zero-order valence-corrected chi connectivity index (χ0v) is 22.4. The molecule has 6 rings (SSSR count). The van der Waals surface area contributed by atoms with E-state index in [0.29, 0.717) is 24.7 Å². The lowest BCUT2D eigenvalue weighted by molar-refractivity contribution is -0.127. The smallest absolute Gasteiger partial charge is 0.223 e. The molecule has 204 valence electrons. The zero-order chi connectivity index (χ0) is 27.5. The van der Waals surface area contributed by atoms with Gasteiger partial charge in [0, 0.05) is 29.5 Å². The summed E-state index contributed by atoms with van der Waals surface area (Å²) < 4.78 is 0. The molecule has 1 atom stereocenters. The Hall–Kier alpha value is -4.43. The fourth-order valence-electron chi connectivity index (χ4n) is 5.85. The summed E-state index contributed by atoms with van der Waals surface area (Å²) in [5, 5.41) is 11.3. The molecule has 1 aliphatic carbocycles. The predicted octanol–water partition coefficient (Wildman–Crippen LogP) is 5.37. The highest BCUT2D eigenvalue weighted by Gasteiger charge is 2.29. The average molecular weight is 534 g/mol. The molecule has 3 aromatic carbocycles. The molecule has 8 nitrogen and oxygen atoms in total. The Bertz CT molecular complexity index is 1600. The van der Waals surface area contributed by atoms with Crippen LogP contribution in [0.15, 0.2) is 79.0 Å². The highest BCUT2D eigenvalue weighted by molar-refractivity contribution is 5.91. The molecule has 8 heteroatoms. The lowest BCUT2D eigenvalue weighted by atomic mass is 9.81. The van der Waals surface area contributed by atoms with Crippen LogP contribution in [0, 0.1) is 11.8 Å². The van der Waals surface area contributed by atoms with Gasteiger partial charge in [-0.1, -0.05) is 60.7 Å². The second-order valence-electron chi connectivity index (χ2n) is 10.8. The van der Waals surface area contributed by atoms with E-state index in [1.165, 1.54) is 0 Å². The Kier molecular flexibility index (Phi) is 7.33. The number of benzene rings is 3. The lowest BCUT2D eigenvalue weighted by Gasteiger charge is -2.28. The molecule has 1 fully saturated rings. The highest BCUT2D eigenvalue weighted by atomic mass is 16.2. The topological polar surface area (TPSA) is 138 Å². The number of imidazole rings is 1. The number of nitrogens with zero attached hydrogens (tertiary/aromatic N) is 2. The first kappa shape index (κ1) is 25.8. The van der Waals surface area contributed by atoms with E-state index in [4.69, 9.17) is 16.5 Å². The Balaban J connectivity index is 1.30. The molecule has 5 aromatic rings. The Morgan fingerprint density at radius 1 is 0.975 bits per heavy atom. The Morgan fingerprint density at radius 3 is 2.55 bits per heavy atom. The number of fused-ring (bicyclic) bond motifs is 1. The normalized spacial score (nSPS) is 18.0. The van der Waals surface area contributed by atoms with Crippen molar-refractivity contribution in [2.75, 3.05) is 12.3 Å². The van der Waals surface area contributed by atoms with Crippen LogP contribution in [-0.4, -0.2) is 32.6 Å². The van der Waals surface area contributed by atoms with Gasteiger partial charge in [-0.3, -0.25) is 9.89 Å². The molecule has 1 aliphatic rings. The zero-order valence-electron chi connectivity index (χ0n) is 22.4. The second kappa shape index (κ2) is 11.4. The molecule has 0 radical (unpaired) electrons. The molecule has 1 unspecified atom stereocenters. The summed E-state index contributed by atoms with van der Waals surface area (Å²) in [6, 6.07) is 24.3. The largest absolute Gasteiger partial charge is 0.382 e. The molecule has 2 heterocycles. The molecule has 7 N–H and O–H groups in total. The number of aromatic nitrogens is 4. The van der Waals surface area contributed by atoms with Crippen molar-refractivity contribution in [1.82, 2.24) is 25.5 Å². The van der Waals surface area contributed by atoms with E-state index >= 15 is 0 Å². The lowest BCUT2D eigenvalue weighted by Crippen LogP contribution is -2.37. The Morgan fingerprint density at radius 2 is 1.75 bits per heavy atom. The molecular formula is C32H35N7O. The van der Waals surface area contributed by atoms with Gasteiger partial charge in [-0.25, -0.2) is 4.98 Å². The van der Waals surface area contributed by atoms with Crippen molar-refractivity contribution < 1.29 is 4.79 Å². The van der Waals surface area contributed by atoms with Crippen LogP contribution in [0.4, 0.5) is 5.82 Å². The third-order valence-electron chi connectivity index (χ3n) is 8.21. The first-order chi connectivity index (χ1) is 19.6. The summed E-state index contributed by atoms with van der Waals surface area (Å²) in [5.41, 5.74) is 17.9.